The van der Waals surface area contributed by atoms with Crippen LogP contribution in [0.5, 0.6) is 5.75 Å². The van der Waals surface area contributed by atoms with Gasteiger partial charge in [-0.05, 0) is 18.6 Å². The van der Waals surface area contributed by atoms with Gasteiger partial charge < -0.3 is 14.8 Å². The van der Waals surface area contributed by atoms with Crippen LogP contribution in [-0.2, 0) is 11.2 Å². The van der Waals surface area contributed by atoms with E-state index in [1.54, 1.807) is 12.1 Å². The van der Waals surface area contributed by atoms with Crippen LogP contribution in [0, 0.1) is 0 Å². The Morgan fingerprint density at radius 1 is 1.38 bits per heavy atom. The average molecular weight is 281 g/mol. The summed E-state index contributed by atoms with van der Waals surface area (Å²) in [6.07, 6.45) is 2.04. The number of hydrogen-bond acceptors (Lipinski definition) is 3. The number of benzene rings is 2. The Bertz CT molecular complexity index is 861. The van der Waals surface area contributed by atoms with E-state index in [-0.39, 0.29) is 5.75 Å². The molecule has 0 spiro atoms. The number of H-pyrrole nitrogens is 1. The molecule has 2 N–H and O–H groups in total. The predicted molar refractivity (Wildman–Crippen MR) is 82.7 cm³/mol. The first-order valence-electron chi connectivity index (χ1n) is 6.61. The Morgan fingerprint density at radius 2 is 2.14 bits per heavy atom. The summed E-state index contributed by atoms with van der Waals surface area (Å²) >= 11 is 0. The fourth-order valence-corrected chi connectivity index (χ4v) is 2.65. The maximum absolute atomic E-state index is 12.0. The molecule has 0 radical (unpaired) electrons. The zero-order chi connectivity index (χ0) is 15.0. The molecule has 0 fully saturated rings. The molecular formula is C17H15NO3. The number of aromatic nitrogens is 1. The number of phenolic OH excluding ortho intramolecular Hbond substituents is 1. The molecule has 0 amide bonds. The summed E-state index contributed by atoms with van der Waals surface area (Å²) < 4.78 is 4.82. The van der Waals surface area contributed by atoms with Crippen molar-refractivity contribution in [2.45, 2.75) is 6.42 Å². The summed E-state index contributed by atoms with van der Waals surface area (Å²) in [4.78, 5) is 15.2. The standard InChI is InChI=1S/C17H15NO3/c1-3-6-11-13(17(20)21-2)9-12-10-7-4-5-8-14(10)18-15(12)16(11)19/h3-5,7-9,18-19H,1,6H2,2H3. The number of allylic oxidation sites excluding steroid dienone is 1. The van der Waals surface area contributed by atoms with E-state index >= 15 is 0 Å². The zero-order valence-electron chi connectivity index (χ0n) is 11.6. The number of carbonyl (C=O) groups excluding carboxylic acids is 1. The normalized spacial score (nSPS) is 10.9. The molecule has 1 heterocycles. The molecule has 0 aliphatic rings. The Morgan fingerprint density at radius 3 is 2.86 bits per heavy atom. The van der Waals surface area contributed by atoms with Crippen LogP contribution in [-0.4, -0.2) is 23.2 Å². The van der Waals surface area contributed by atoms with Crippen LogP contribution in [0.1, 0.15) is 15.9 Å². The van der Waals surface area contributed by atoms with Crippen LogP contribution in [0.4, 0.5) is 0 Å². The number of esters is 1. The highest BCUT2D eigenvalue weighted by Gasteiger charge is 2.20. The van der Waals surface area contributed by atoms with Crippen LogP contribution in [0.15, 0.2) is 43.0 Å². The van der Waals surface area contributed by atoms with Gasteiger partial charge in [-0.1, -0.05) is 24.3 Å². The van der Waals surface area contributed by atoms with Crippen LogP contribution >= 0.6 is 0 Å². The van der Waals surface area contributed by atoms with Gasteiger partial charge >= 0.3 is 5.97 Å². The zero-order valence-corrected chi connectivity index (χ0v) is 11.6. The van der Waals surface area contributed by atoms with Gasteiger partial charge in [-0.2, -0.15) is 0 Å². The monoisotopic (exact) mass is 281 g/mol. The van der Waals surface area contributed by atoms with Gasteiger partial charge in [0, 0.05) is 21.9 Å². The second-order valence-corrected chi connectivity index (χ2v) is 4.83. The maximum atomic E-state index is 12.0. The first-order valence-corrected chi connectivity index (χ1v) is 6.61. The topological polar surface area (TPSA) is 62.3 Å². The number of para-hydroxylation sites is 1. The molecule has 4 heteroatoms. The number of aromatic hydroxyl groups is 1. The summed E-state index contributed by atoms with van der Waals surface area (Å²) in [7, 11) is 1.33. The van der Waals surface area contributed by atoms with Crippen molar-refractivity contribution in [3.63, 3.8) is 0 Å². The molecular weight excluding hydrogens is 266 g/mol. The molecule has 21 heavy (non-hydrogen) atoms. The number of aromatic amines is 1. The molecule has 4 nitrogen and oxygen atoms in total. The summed E-state index contributed by atoms with van der Waals surface area (Å²) in [6, 6.07) is 9.48. The molecule has 0 aliphatic carbocycles. The van der Waals surface area contributed by atoms with Crippen molar-refractivity contribution in [3.05, 3.63) is 54.1 Å². The Kier molecular flexibility index (Phi) is 3.14. The van der Waals surface area contributed by atoms with Gasteiger partial charge in [0.1, 0.15) is 5.75 Å². The number of methoxy groups -OCH3 is 1. The minimum Gasteiger partial charge on any atom is -0.505 e. The Labute approximate surface area is 121 Å². The predicted octanol–water partition coefficient (Wildman–Crippen LogP) is 3.54. The molecule has 106 valence electrons. The quantitative estimate of drug-likeness (QED) is 0.570. The van der Waals surface area contributed by atoms with Gasteiger partial charge in [-0.3, -0.25) is 0 Å². The van der Waals surface area contributed by atoms with Gasteiger partial charge in [0.2, 0.25) is 0 Å². The van der Waals surface area contributed by atoms with Crippen molar-refractivity contribution >= 4 is 27.8 Å². The second-order valence-electron chi connectivity index (χ2n) is 4.83. The third-order valence-electron chi connectivity index (χ3n) is 3.64. The van der Waals surface area contributed by atoms with E-state index < -0.39 is 5.97 Å². The highest BCUT2D eigenvalue weighted by molar-refractivity contribution is 6.12. The Hall–Kier alpha value is -2.75. The van der Waals surface area contributed by atoms with Gasteiger partial charge in [0.05, 0.1) is 18.2 Å². The van der Waals surface area contributed by atoms with Crippen molar-refractivity contribution in [2.75, 3.05) is 7.11 Å². The minimum atomic E-state index is -0.464. The van der Waals surface area contributed by atoms with Crippen LogP contribution < -0.4 is 0 Å². The van der Waals surface area contributed by atoms with Crippen LogP contribution in [0.2, 0.25) is 0 Å². The molecule has 0 saturated carbocycles. The molecule has 0 saturated heterocycles. The van der Waals surface area contributed by atoms with Gasteiger partial charge in [-0.15, -0.1) is 6.58 Å². The molecule has 0 bridgehead atoms. The minimum absolute atomic E-state index is 0.0731. The fraction of sp³-hybridized carbons (Fsp3) is 0.118. The summed E-state index contributed by atoms with van der Waals surface area (Å²) in [6.45, 7) is 3.67. The molecule has 1 aromatic heterocycles. The number of hydrogen-bond donors (Lipinski definition) is 2. The molecule has 0 atom stereocenters. The lowest BCUT2D eigenvalue weighted by Crippen LogP contribution is -2.06. The van der Waals surface area contributed by atoms with Crippen molar-refractivity contribution in [3.8, 4) is 5.75 Å². The number of nitrogens with one attached hydrogen (secondary N) is 1. The van der Waals surface area contributed by atoms with E-state index in [1.807, 2.05) is 24.3 Å². The average Bonchev–Trinajstić information content (AvgIpc) is 2.88. The number of phenols is 1. The molecule has 2 aromatic carbocycles. The number of carbonyl (C=O) groups is 1. The lowest BCUT2D eigenvalue weighted by atomic mass is 9.99. The van der Waals surface area contributed by atoms with E-state index in [4.69, 9.17) is 4.74 Å². The van der Waals surface area contributed by atoms with Gasteiger partial charge in [0.15, 0.2) is 0 Å². The first-order chi connectivity index (χ1) is 10.2. The Balaban J connectivity index is 2.43. The van der Waals surface area contributed by atoms with Gasteiger partial charge in [0.25, 0.3) is 0 Å². The molecule has 0 aliphatic heterocycles. The van der Waals surface area contributed by atoms with Crippen molar-refractivity contribution in [1.82, 2.24) is 4.98 Å². The summed E-state index contributed by atoms with van der Waals surface area (Å²) in [5.74, 6) is -0.390. The molecule has 0 unspecified atom stereocenters. The highest BCUT2D eigenvalue weighted by Crippen LogP contribution is 2.36. The first kappa shape index (κ1) is 13.2. The van der Waals surface area contributed by atoms with Crippen LogP contribution in [0.3, 0.4) is 0 Å². The molecule has 3 aromatic rings. The lowest BCUT2D eigenvalue weighted by Gasteiger charge is -2.09. The second kappa shape index (κ2) is 4.98. The number of fused-ring (bicyclic) bond motifs is 3. The molecule has 3 rings (SSSR count). The van der Waals surface area contributed by atoms with E-state index in [2.05, 4.69) is 11.6 Å². The summed E-state index contributed by atoms with van der Waals surface area (Å²) in [5.41, 5.74) is 2.43. The lowest BCUT2D eigenvalue weighted by molar-refractivity contribution is 0.0599. The number of rotatable bonds is 3. The third-order valence-corrected chi connectivity index (χ3v) is 3.64. The van der Waals surface area contributed by atoms with Crippen molar-refractivity contribution in [2.24, 2.45) is 0 Å². The smallest absolute Gasteiger partial charge is 0.338 e. The largest absolute Gasteiger partial charge is 0.505 e. The fourth-order valence-electron chi connectivity index (χ4n) is 2.65. The van der Waals surface area contributed by atoms with Crippen molar-refractivity contribution < 1.29 is 14.6 Å². The van der Waals surface area contributed by atoms with E-state index in [0.717, 1.165) is 16.3 Å². The van der Waals surface area contributed by atoms with Gasteiger partial charge in [-0.25, -0.2) is 4.79 Å². The van der Waals surface area contributed by atoms with E-state index in [9.17, 15) is 9.90 Å². The highest BCUT2D eigenvalue weighted by atomic mass is 16.5. The van der Waals surface area contributed by atoms with E-state index in [1.165, 1.54) is 7.11 Å². The van der Waals surface area contributed by atoms with E-state index in [0.29, 0.717) is 23.1 Å². The number of ether oxygens (including phenoxy) is 1. The van der Waals surface area contributed by atoms with Crippen LogP contribution in [0.25, 0.3) is 21.8 Å². The third kappa shape index (κ3) is 1.96. The van der Waals surface area contributed by atoms with Crippen molar-refractivity contribution in [1.29, 1.82) is 0 Å². The SMILES string of the molecule is C=CCc1c(C(=O)OC)cc2c([nH]c3ccccc32)c1O. The summed E-state index contributed by atoms with van der Waals surface area (Å²) in [5, 5.41) is 12.3. The maximum Gasteiger partial charge on any atom is 0.338 e.